The van der Waals surface area contributed by atoms with Crippen molar-refractivity contribution in [3.8, 4) is 0 Å². The number of alkyl halides is 3. The number of carboxylic acid groups (broad SMARTS) is 1. The Morgan fingerprint density at radius 3 is 2.63 bits per heavy atom. The van der Waals surface area contributed by atoms with Gasteiger partial charge in [0.15, 0.2) is 5.69 Å². The van der Waals surface area contributed by atoms with E-state index in [-0.39, 0.29) is 12.6 Å². The lowest BCUT2D eigenvalue weighted by molar-refractivity contribution is -0.145. The van der Waals surface area contributed by atoms with Gasteiger partial charge < -0.3 is 5.11 Å². The Morgan fingerprint density at radius 2 is 2.21 bits per heavy atom. The van der Waals surface area contributed by atoms with Gasteiger partial charge in [-0.3, -0.25) is 14.8 Å². The number of aromatic nitrogens is 2. The van der Waals surface area contributed by atoms with Crippen LogP contribution in [-0.4, -0.2) is 32.4 Å². The van der Waals surface area contributed by atoms with Gasteiger partial charge in [0.05, 0.1) is 6.54 Å². The molecule has 2 N–H and O–H groups in total. The maximum absolute atomic E-state index is 12.4. The zero-order valence-corrected chi connectivity index (χ0v) is 10.2. The highest BCUT2D eigenvalue weighted by molar-refractivity contribution is 5.78. The summed E-state index contributed by atoms with van der Waals surface area (Å²) in [6, 6.07) is 0.957. The molecule has 19 heavy (non-hydrogen) atoms. The molecule has 0 spiro atoms. The number of carbonyl (C=O) groups is 1. The molecule has 1 heterocycles. The number of nitrogens with one attached hydrogen (secondary N) is 1. The maximum Gasteiger partial charge on any atom is 0.435 e. The van der Waals surface area contributed by atoms with Gasteiger partial charge in [-0.1, -0.05) is 0 Å². The Morgan fingerprint density at radius 1 is 1.58 bits per heavy atom. The minimum absolute atomic E-state index is 0.124. The van der Waals surface area contributed by atoms with Crippen LogP contribution in [0.5, 0.6) is 0 Å². The highest BCUT2D eigenvalue weighted by Crippen LogP contribution is 2.28. The highest BCUT2D eigenvalue weighted by Gasteiger charge is 2.40. The van der Waals surface area contributed by atoms with E-state index in [0.717, 1.165) is 29.8 Å². The lowest BCUT2D eigenvalue weighted by Gasteiger charge is -2.26. The van der Waals surface area contributed by atoms with Gasteiger partial charge in [0.25, 0.3) is 0 Å². The van der Waals surface area contributed by atoms with Crippen LogP contribution >= 0.6 is 0 Å². The first kappa shape index (κ1) is 13.9. The summed E-state index contributed by atoms with van der Waals surface area (Å²) >= 11 is 0. The normalized spacial score (nSPS) is 19.2. The molecule has 2 rings (SSSR count). The van der Waals surface area contributed by atoms with Crippen molar-refractivity contribution in [2.45, 2.75) is 44.1 Å². The molecule has 1 aliphatic rings. The summed E-state index contributed by atoms with van der Waals surface area (Å²) in [4.78, 5) is 11.3. The van der Waals surface area contributed by atoms with E-state index < -0.39 is 23.4 Å². The van der Waals surface area contributed by atoms with Gasteiger partial charge in [0.2, 0.25) is 0 Å². The van der Waals surface area contributed by atoms with Gasteiger partial charge in [-0.2, -0.15) is 18.3 Å². The molecule has 1 aromatic heterocycles. The summed E-state index contributed by atoms with van der Waals surface area (Å²) in [6.45, 7) is 1.29. The van der Waals surface area contributed by atoms with Crippen molar-refractivity contribution in [3.05, 3.63) is 18.0 Å². The van der Waals surface area contributed by atoms with E-state index >= 15 is 0 Å². The summed E-state index contributed by atoms with van der Waals surface area (Å²) < 4.78 is 38.2. The van der Waals surface area contributed by atoms with Gasteiger partial charge in [0, 0.05) is 12.2 Å². The molecule has 1 atom stereocenters. The average Bonchev–Trinajstić information content (AvgIpc) is 2.92. The smallest absolute Gasteiger partial charge is 0.435 e. The molecule has 106 valence electrons. The van der Waals surface area contributed by atoms with Crippen molar-refractivity contribution in [1.29, 1.82) is 0 Å². The van der Waals surface area contributed by atoms with Crippen molar-refractivity contribution in [2.24, 2.45) is 0 Å². The third-order valence-electron chi connectivity index (χ3n) is 2.98. The minimum Gasteiger partial charge on any atom is -0.480 e. The standard InChI is InChI=1S/C11H14F3N3O2/c1-10(9(18)19,15-7-2-3-7)6-17-5-4-8(16-17)11(12,13)14/h4-5,7,15H,2-3,6H2,1H3,(H,18,19). The number of aliphatic carboxylic acids is 1. The monoisotopic (exact) mass is 277 g/mol. The highest BCUT2D eigenvalue weighted by atomic mass is 19.4. The Bertz CT molecular complexity index is 482. The van der Waals surface area contributed by atoms with Crippen molar-refractivity contribution in [1.82, 2.24) is 15.1 Å². The Kier molecular flexibility index (Phi) is 3.29. The van der Waals surface area contributed by atoms with Gasteiger partial charge in [-0.25, -0.2) is 0 Å². The van der Waals surface area contributed by atoms with Crippen LogP contribution in [0.3, 0.4) is 0 Å². The fourth-order valence-corrected chi connectivity index (χ4v) is 1.78. The van der Waals surface area contributed by atoms with E-state index in [2.05, 4.69) is 10.4 Å². The first-order valence-corrected chi connectivity index (χ1v) is 5.82. The Hall–Kier alpha value is -1.57. The van der Waals surface area contributed by atoms with Gasteiger partial charge in [-0.05, 0) is 25.8 Å². The van der Waals surface area contributed by atoms with Crippen molar-refractivity contribution in [2.75, 3.05) is 0 Å². The molecular weight excluding hydrogens is 263 g/mol. The molecule has 0 saturated heterocycles. The van der Waals surface area contributed by atoms with Crippen LogP contribution in [-0.2, 0) is 17.5 Å². The molecule has 1 unspecified atom stereocenters. The Balaban J connectivity index is 2.12. The van der Waals surface area contributed by atoms with E-state index in [1.165, 1.54) is 6.92 Å². The summed E-state index contributed by atoms with van der Waals surface area (Å²) in [6.07, 6.45) is -1.61. The van der Waals surface area contributed by atoms with E-state index in [1.807, 2.05) is 0 Å². The maximum atomic E-state index is 12.4. The number of carboxylic acids is 1. The molecular formula is C11H14F3N3O2. The lowest BCUT2D eigenvalue weighted by Crippen LogP contribution is -2.53. The number of hydrogen-bond donors (Lipinski definition) is 2. The SMILES string of the molecule is CC(Cn1ccc(C(F)(F)F)n1)(NC1CC1)C(=O)O. The Labute approximate surface area is 107 Å². The van der Waals surface area contributed by atoms with E-state index in [1.54, 1.807) is 0 Å². The molecule has 0 aliphatic heterocycles. The number of halogens is 3. The third-order valence-corrected chi connectivity index (χ3v) is 2.98. The van der Waals surface area contributed by atoms with Crippen molar-refractivity contribution >= 4 is 5.97 Å². The first-order valence-electron chi connectivity index (χ1n) is 5.82. The zero-order valence-electron chi connectivity index (χ0n) is 10.2. The zero-order chi connectivity index (χ0) is 14.3. The van der Waals surface area contributed by atoms with Crippen molar-refractivity contribution < 1.29 is 23.1 Å². The first-order chi connectivity index (χ1) is 8.71. The van der Waals surface area contributed by atoms with Gasteiger partial charge >= 0.3 is 12.1 Å². The van der Waals surface area contributed by atoms with Crippen LogP contribution in [0.4, 0.5) is 13.2 Å². The van der Waals surface area contributed by atoms with Crippen LogP contribution in [0, 0.1) is 0 Å². The number of rotatable bonds is 5. The van der Waals surface area contributed by atoms with Crippen molar-refractivity contribution in [3.63, 3.8) is 0 Å². The molecule has 1 aromatic rings. The minimum atomic E-state index is -4.52. The topological polar surface area (TPSA) is 67.2 Å². The van der Waals surface area contributed by atoms with E-state index in [9.17, 15) is 23.1 Å². The van der Waals surface area contributed by atoms with Crippen LogP contribution in [0.15, 0.2) is 12.3 Å². The van der Waals surface area contributed by atoms with Crippen LogP contribution in [0.1, 0.15) is 25.5 Å². The van der Waals surface area contributed by atoms with Gasteiger partial charge in [-0.15, -0.1) is 0 Å². The van der Waals surface area contributed by atoms with Crippen LogP contribution in [0.25, 0.3) is 0 Å². The van der Waals surface area contributed by atoms with Gasteiger partial charge in [0.1, 0.15) is 5.54 Å². The van der Waals surface area contributed by atoms with Crippen LogP contribution < -0.4 is 5.32 Å². The molecule has 0 aromatic carbocycles. The predicted octanol–water partition coefficient (Wildman–Crippen LogP) is 1.50. The molecule has 1 aliphatic carbocycles. The third kappa shape index (κ3) is 3.25. The fraction of sp³-hybridized carbons (Fsp3) is 0.636. The molecule has 0 bridgehead atoms. The summed E-state index contributed by atoms with van der Waals surface area (Å²) in [7, 11) is 0. The molecule has 1 saturated carbocycles. The van der Waals surface area contributed by atoms with E-state index in [0.29, 0.717) is 0 Å². The molecule has 8 heteroatoms. The van der Waals surface area contributed by atoms with Crippen LogP contribution in [0.2, 0.25) is 0 Å². The second kappa shape index (κ2) is 4.52. The quantitative estimate of drug-likeness (QED) is 0.856. The molecule has 0 radical (unpaired) electrons. The second-order valence-electron chi connectivity index (χ2n) is 4.95. The average molecular weight is 277 g/mol. The number of hydrogen-bond acceptors (Lipinski definition) is 3. The summed E-state index contributed by atoms with van der Waals surface area (Å²) in [5, 5.41) is 15.5. The molecule has 1 fully saturated rings. The lowest BCUT2D eigenvalue weighted by atomic mass is 10.0. The molecule has 0 amide bonds. The largest absolute Gasteiger partial charge is 0.480 e. The summed E-state index contributed by atoms with van der Waals surface area (Å²) in [5.41, 5.74) is -2.34. The molecule has 5 nitrogen and oxygen atoms in total. The second-order valence-corrected chi connectivity index (χ2v) is 4.95. The predicted molar refractivity (Wildman–Crippen MR) is 59.4 cm³/mol. The summed E-state index contributed by atoms with van der Waals surface area (Å²) in [5.74, 6) is -1.11. The van der Waals surface area contributed by atoms with E-state index in [4.69, 9.17) is 0 Å². The number of nitrogens with zero attached hydrogens (tertiary/aromatic N) is 2. The fourth-order valence-electron chi connectivity index (χ4n) is 1.78.